The van der Waals surface area contributed by atoms with Crippen LogP contribution >= 0.6 is 23.4 Å². The fourth-order valence-electron chi connectivity index (χ4n) is 3.15. The fourth-order valence-corrected chi connectivity index (χ4v) is 4.24. The highest BCUT2D eigenvalue weighted by Crippen LogP contribution is 2.22. The van der Waals surface area contributed by atoms with Crippen molar-refractivity contribution < 1.29 is 14.3 Å². The minimum atomic E-state index is -0.167. The number of thioether (sulfide) groups is 1. The standard InChI is InChI=1S/C24H26ClN3O4S/c1-3-22(30)26-18-9-6-16(7-10-18)21(29)15-33-24-27-20-14-17(25)8-11-19(20)23(31)28(24)12-5-13-32-4-2/h6-11,14H,3-5,12-13,15H2,1-2H3,(H,26,30). The molecule has 0 atom stereocenters. The average molecular weight is 488 g/mol. The second-order valence-electron chi connectivity index (χ2n) is 7.25. The van der Waals surface area contributed by atoms with Crippen molar-refractivity contribution in [2.45, 2.75) is 38.4 Å². The van der Waals surface area contributed by atoms with E-state index in [1.165, 1.54) is 11.8 Å². The Kier molecular flexibility index (Phi) is 9.05. The first-order valence-electron chi connectivity index (χ1n) is 10.8. The molecule has 0 saturated heterocycles. The molecule has 1 amide bonds. The number of benzene rings is 2. The van der Waals surface area contributed by atoms with E-state index in [-0.39, 0.29) is 23.0 Å². The lowest BCUT2D eigenvalue weighted by molar-refractivity contribution is -0.115. The molecule has 3 rings (SSSR count). The second-order valence-corrected chi connectivity index (χ2v) is 8.63. The zero-order valence-electron chi connectivity index (χ0n) is 18.6. The van der Waals surface area contributed by atoms with E-state index in [1.54, 1.807) is 54.0 Å². The summed E-state index contributed by atoms with van der Waals surface area (Å²) >= 11 is 7.31. The number of amides is 1. The number of anilines is 1. The molecule has 33 heavy (non-hydrogen) atoms. The lowest BCUT2D eigenvalue weighted by Gasteiger charge is -2.13. The van der Waals surface area contributed by atoms with Crippen molar-refractivity contribution in [1.29, 1.82) is 0 Å². The van der Waals surface area contributed by atoms with E-state index >= 15 is 0 Å². The van der Waals surface area contributed by atoms with Crippen LogP contribution in [0.5, 0.6) is 0 Å². The number of nitrogens with zero attached hydrogens (tertiary/aromatic N) is 2. The highest BCUT2D eigenvalue weighted by molar-refractivity contribution is 7.99. The Labute approximate surface area is 201 Å². The maximum atomic E-state index is 13.1. The van der Waals surface area contributed by atoms with Crippen LogP contribution in [-0.2, 0) is 16.1 Å². The average Bonchev–Trinajstić information content (AvgIpc) is 2.81. The number of aromatic nitrogens is 2. The molecule has 7 nitrogen and oxygen atoms in total. The minimum Gasteiger partial charge on any atom is -0.382 e. The van der Waals surface area contributed by atoms with E-state index in [4.69, 9.17) is 16.3 Å². The van der Waals surface area contributed by atoms with Crippen LogP contribution < -0.4 is 10.9 Å². The molecule has 0 bridgehead atoms. The Morgan fingerprint density at radius 2 is 1.91 bits per heavy atom. The quantitative estimate of drug-likeness (QED) is 0.181. The molecule has 3 aromatic rings. The van der Waals surface area contributed by atoms with Crippen molar-refractivity contribution in [1.82, 2.24) is 9.55 Å². The van der Waals surface area contributed by atoms with Gasteiger partial charge >= 0.3 is 0 Å². The monoisotopic (exact) mass is 487 g/mol. The summed E-state index contributed by atoms with van der Waals surface area (Å²) in [5.41, 5.74) is 1.49. The van der Waals surface area contributed by atoms with Crippen LogP contribution in [0.4, 0.5) is 5.69 Å². The minimum absolute atomic E-state index is 0.0885. The number of carbonyl (C=O) groups is 2. The molecule has 174 valence electrons. The maximum Gasteiger partial charge on any atom is 0.262 e. The van der Waals surface area contributed by atoms with Crippen molar-refractivity contribution in [3.8, 4) is 0 Å². The van der Waals surface area contributed by atoms with Gasteiger partial charge in [0.2, 0.25) is 5.91 Å². The van der Waals surface area contributed by atoms with Crippen LogP contribution in [0.25, 0.3) is 10.9 Å². The molecule has 0 aliphatic heterocycles. The molecule has 0 aliphatic rings. The van der Waals surface area contributed by atoms with Crippen LogP contribution in [0.2, 0.25) is 5.02 Å². The first kappa shape index (κ1) is 25.0. The molecule has 9 heteroatoms. The molecule has 0 spiro atoms. The Balaban J connectivity index is 1.79. The fraction of sp³-hybridized carbons (Fsp3) is 0.333. The third-order valence-electron chi connectivity index (χ3n) is 4.90. The van der Waals surface area contributed by atoms with Crippen LogP contribution in [0.3, 0.4) is 0 Å². The summed E-state index contributed by atoms with van der Waals surface area (Å²) < 4.78 is 6.99. The van der Waals surface area contributed by atoms with Crippen LogP contribution in [0.1, 0.15) is 37.0 Å². The van der Waals surface area contributed by atoms with E-state index in [0.29, 0.717) is 64.9 Å². The van der Waals surface area contributed by atoms with Gasteiger partial charge in [-0.15, -0.1) is 0 Å². The first-order chi connectivity index (χ1) is 15.9. The Morgan fingerprint density at radius 1 is 1.15 bits per heavy atom. The van der Waals surface area contributed by atoms with Gasteiger partial charge in [0.1, 0.15) is 0 Å². The van der Waals surface area contributed by atoms with Gasteiger partial charge in [0.25, 0.3) is 5.56 Å². The number of hydrogen-bond donors (Lipinski definition) is 1. The summed E-state index contributed by atoms with van der Waals surface area (Å²) in [5.74, 6) is -0.0749. The number of rotatable bonds is 11. The Bertz CT molecular complexity index is 1190. The van der Waals surface area contributed by atoms with Gasteiger partial charge in [-0.3, -0.25) is 19.0 Å². The number of nitrogens with one attached hydrogen (secondary N) is 1. The predicted molar refractivity (Wildman–Crippen MR) is 133 cm³/mol. The largest absolute Gasteiger partial charge is 0.382 e. The zero-order chi connectivity index (χ0) is 23.8. The van der Waals surface area contributed by atoms with Gasteiger partial charge in [-0.2, -0.15) is 0 Å². The highest BCUT2D eigenvalue weighted by atomic mass is 35.5. The predicted octanol–water partition coefficient (Wildman–Crippen LogP) is 4.80. The van der Waals surface area contributed by atoms with Crippen molar-refractivity contribution in [3.05, 3.63) is 63.4 Å². The number of hydrogen-bond acceptors (Lipinski definition) is 6. The number of ketones is 1. The molecular weight excluding hydrogens is 462 g/mol. The molecule has 0 radical (unpaired) electrons. The summed E-state index contributed by atoms with van der Waals surface area (Å²) in [4.78, 5) is 42.0. The molecule has 2 aromatic carbocycles. The summed E-state index contributed by atoms with van der Waals surface area (Å²) in [6, 6.07) is 11.7. The van der Waals surface area contributed by atoms with Gasteiger partial charge < -0.3 is 10.1 Å². The molecule has 1 aromatic heterocycles. The lowest BCUT2D eigenvalue weighted by Crippen LogP contribution is -2.24. The normalized spacial score (nSPS) is 11.0. The maximum absolute atomic E-state index is 13.1. The van der Waals surface area contributed by atoms with E-state index in [9.17, 15) is 14.4 Å². The van der Waals surface area contributed by atoms with Crippen molar-refractivity contribution >= 4 is 51.6 Å². The van der Waals surface area contributed by atoms with Crippen molar-refractivity contribution in [2.24, 2.45) is 0 Å². The summed E-state index contributed by atoms with van der Waals surface area (Å²) in [5, 5.41) is 4.19. The topological polar surface area (TPSA) is 90.3 Å². The number of carbonyl (C=O) groups excluding carboxylic acids is 2. The summed E-state index contributed by atoms with van der Waals surface area (Å²) in [6.45, 7) is 5.28. The summed E-state index contributed by atoms with van der Waals surface area (Å²) in [7, 11) is 0. The number of fused-ring (bicyclic) bond motifs is 1. The van der Waals surface area contributed by atoms with Crippen molar-refractivity contribution in [2.75, 3.05) is 24.3 Å². The van der Waals surface area contributed by atoms with Gasteiger partial charge in [-0.05, 0) is 55.8 Å². The molecule has 1 heterocycles. The van der Waals surface area contributed by atoms with Gasteiger partial charge in [0.05, 0.1) is 16.7 Å². The first-order valence-corrected chi connectivity index (χ1v) is 12.1. The highest BCUT2D eigenvalue weighted by Gasteiger charge is 2.15. The molecule has 0 saturated carbocycles. The third kappa shape index (κ3) is 6.66. The zero-order valence-corrected chi connectivity index (χ0v) is 20.2. The van der Waals surface area contributed by atoms with Crippen molar-refractivity contribution in [3.63, 3.8) is 0 Å². The number of ether oxygens (including phenoxy) is 1. The van der Waals surface area contributed by atoms with E-state index in [0.717, 1.165) is 0 Å². The van der Waals surface area contributed by atoms with E-state index in [1.807, 2.05) is 6.92 Å². The molecule has 0 fully saturated rings. The number of halogens is 1. The number of Topliss-reactive ketones (excluding diaryl/α,β-unsaturated/α-hetero) is 1. The van der Waals surface area contributed by atoms with Crippen LogP contribution in [-0.4, -0.2) is 40.2 Å². The van der Waals surface area contributed by atoms with Gasteiger partial charge in [-0.25, -0.2) is 4.98 Å². The smallest absolute Gasteiger partial charge is 0.262 e. The van der Waals surface area contributed by atoms with Gasteiger partial charge in [0, 0.05) is 42.5 Å². The third-order valence-corrected chi connectivity index (χ3v) is 6.11. The molecule has 1 N–H and O–H groups in total. The lowest BCUT2D eigenvalue weighted by atomic mass is 10.1. The van der Waals surface area contributed by atoms with Crippen LogP contribution in [0.15, 0.2) is 52.4 Å². The van der Waals surface area contributed by atoms with Crippen LogP contribution in [0, 0.1) is 0 Å². The molecular formula is C24H26ClN3O4S. The summed E-state index contributed by atoms with van der Waals surface area (Å²) in [6.07, 6.45) is 1.04. The SMILES string of the molecule is CCOCCCn1c(SCC(=O)c2ccc(NC(=O)CC)cc2)nc2cc(Cl)ccc2c1=O. The van der Waals surface area contributed by atoms with E-state index < -0.39 is 0 Å². The second kappa shape index (κ2) is 12.0. The Hall–Kier alpha value is -2.68. The van der Waals surface area contributed by atoms with Gasteiger partial charge in [-0.1, -0.05) is 30.3 Å². The van der Waals surface area contributed by atoms with E-state index in [2.05, 4.69) is 10.3 Å². The van der Waals surface area contributed by atoms with Gasteiger partial charge in [0.15, 0.2) is 10.9 Å². The molecule has 0 unspecified atom stereocenters. The Morgan fingerprint density at radius 3 is 2.61 bits per heavy atom. The molecule has 0 aliphatic carbocycles.